The summed E-state index contributed by atoms with van der Waals surface area (Å²) in [6, 6.07) is 12.5. The third-order valence-corrected chi connectivity index (χ3v) is 7.29. The largest absolute Gasteiger partial charge is 0.379 e. The molecule has 0 radical (unpaired) electrons. The standard InChI is InChI=1S/C28H34FN7O2/c1-20-4-7-23-16-24(28(37)30-27(23)21(20)2)18-35(11-3-10-34-12-14-38-15-13-34)19-26-31-32-33-36(26)17-22-5-8-25(29)9-6-22/h4-9,16H,3,10-15,17-19H2,1-2H3,(H,30,37). The number of ether oxygens (including phenoxy) is 1. The molecule has 38 heavy (non-hydrogen) atoms. The zero-order chi connectivity index (χ0) is 26.5. The van der Waals surface area contributed by atoms with Gasteiger partial charge in [-0.25, -0.2) is 9.07 Å². The van der Waals surface area contributed by atoms with Crippen LogP contribution in [0.1, 0.15) is 34.5 Å². The molecule has 4 aromatic rings. The minimum absolute atomic E-state index is 0.0738. The molecule has 0 atom stereocenters. The molecular weight excluding hydrogens is 485 g/mol. The Morgan fingerprint density at radius 3 is 2.66 bits per heavy atom. The number of tetrazole rings is 1. The normalized spacial score (nSPS) is 14.5. The molecule has 0 unspecified atom stereocenters. The molecule has 10 heteroatoms. The fraction of sp³-hybridized carbons (Fsp3) is 0.429. The van der Waals surface area contributed by atoms with Crippen molar-refractivity contribution >= 4 is 10.9 Å². The second-order valence-electron chi connectivity index (χ2n) is 9.99. The summed E-state index contributed by atoms with van der Waals surface area (Å²) in [7, 11) is 0. The summed E-state index contributed by atoms with van der Waals surface area (Å²) in [4.78, 5) is 20.9. The number of nitrogens with one attached hydrogen (secondary N) is 1. The van der Waals surface area contributed by atoms with Gasteiger partial charge in [-0.15, -0.1) is 5.10 Å². The summed E-state index contributed by atoms with van der Waals surface area (Å²) in [6.07, 6.45) is 0.948. The first-order valence-corrected chi connectivity index (χ1v) is 13.1. The van der Waals surface area contributed by atoms with Crippen LogP contribution in [0.4, 0.5) is 4.39 Å². The third kappa shape index (κ3) is 6.32. The number of morpholine rings is 1. The van der Waals surface area contributed by atoms with Crippen LogP contribution in [0.25, 0.3) is 10.9 Å². The van der Waals surface area contributed by atoms with Gasteiger partial charge in [0.15, 0.2) is 5.82 Å². The van der Waals surface area contributed by atoms with E-state index in [-0.39, 0.29) is 11.4 Å². The van der Waals surface area contributed by atoms with Crippen molar-refractivity contribution in [3.05, 3.63) is 86.7 Å². The summed E-state index contributed by atoms with van der Waals surface area (Å²) in [6.45, 7) is 10.7. The Hall–Kier alpha value is -3.47. The number of fused-ring (bicyclic) bond motifs is 1. The monoisotopic (exact) mass is 519 g/mol. The van der Waals surface area contributed by atoms with Crippen molar-refractivity contribution in [1.82, 2.24) is 35.0 Å². The predicted molar refractivity (Wildman–Crippen MR) is 143 cm³/mol. The third-order valence-electron chi connectivity index (χ3n) is 7.29. The summed E-state index contributed by atoms with van der Waals surface area (Å²) in [5.41, 5.74) is 4.68. The number of nitrogens with zero attached hydrogens (tertiary/aromatic N) is 6. The van der Waals surface area contributed by atoms with E-state index in [1.165, 1.54) is 12.1 Å². The summed E-state index contributed by atoms with van der Waals surface area (Å²) in [5.74, 6) is 0.424. The number of halogens is 1. The lowest BCUT2D eigenvalue weighted by Gasteiger charge is -2.28. The maximum atomic E-state index is 13.4. The number of aryl methyl sites for hydroxylation is 2. The van der Waals surface area contributed by atoms with Gasteiger partial charge in [-0.05, 0) is 77.5 Å². The van der Waals surface area contributed by atoms with Crippen molar-refractivity contribution in [3.63, 3.8) is 0 Å². The molecule has 200 valence electrons. The first-order chi connectivity index (χ1) is 18.5. The van der Waals surface area contributed by atoms with Gasteiger partial charge in [0.1, 0.15) is 5.82 Å². The first kappa shape index (κ1) is 26.1. The Balaban J connectivity index is 1.35. The Kier molecular flexibility index (Phi) is 8.21. The second kappa shape index (κ2) is 11.9. The van der Waals surface area contributed by atoms with Gasteiger partial charge in [0.05, 0.1) is 31.8 Å². The summed E-state index contributed by atoms with van der Waals surface area (Å²) >= 11 is 0. The second-order valence-corrected chi connectivity index (χ2v) is 9.99. The zero-order valence-electron chi connectivity index (χ0n) is 22.0. The molecule has 9 nitrogen and oxygen atoms in total. The van der Waals surface area contributed by atoms with Crippen LogP contribution < -0.4 is 5.56 Å². The van der Waals surface area contributed by atoms with E-state index in [2.05, 4.69) is 42.4 Å². The maximum Gasteiger partial charge on any atom is 0.252 e. The highest BCUT2D eigenvalue weighted by Gasteiger charge is 2.17. The topological polar surface area (TPSA) is 92.2 Å². The van der Waals surface area contributed by atoms with E-state index < -0.39 is 0 Å². The fourth-order valence-corrected chi connectivity index (χ4v) is 4.91. The van der Waals surface area contributed by atoms with Crippen molar-refractivity contribution < 1.29 is 9.13 Å². The summed E-state index contributed by atoms with van der Waals surface area (Å²) < 4.78 is 20.6. The number of pyridine rings is 1. The highest BCUT2D eigenvalue weighted by molar-refractivity contribution is 5.83. The van der Waals surface area contributed by atoms with Gasteiger partial charge in [0, 0.05) is 31.7 Å². The van der Waals surface area contributed by atoms with E-state index in [0.29, 0.717) is 31.0 Å². The smallest absolute Gasteiger partial charge is 0.252 e. The Labute approximate surface area is 221 Å². The minimum Gasteiger partial charge on any atom is -0.379 e. The molecule has 5 rings (SSSR count). The maximum absolute atomic E-state index is 13.4. The Morgan fingerprint density at radius 1 is 1.08 bits per heavy atom. The number of aromatic amines is 1. The lowest BCUT2D eigenvalue weighted by molar-refractivity contribution is 0.0358. The van der Waals surface area contributed by atoms with Gasteiger partial charge < -0.3 is 9.72 Å². The van der Waals surface area contributed by atoms with Gasteiger partial charge in [-0.2, -0.15) is 0 Å². The molecule has 0 spiro atoms. The SMILES string of the molecule is Cc1ccc2cc(CN(CCCN3CCOCC3)Cc3nnnn3Cc3ccc(F)cc3)c(=O)[nH]c2c1C. The number of hydrogen-bond acceptors (Lipinski definition) is 7. The number of H-pyrrole nitrogens is 1. The minimum atomic E-state index is -0.275. The van der Waals surface area contributed by atoms with Crippen LogP contribution >= 0.6 is 0 Å². The molecule has 0 amide bonds. The van der Waals surface area contributed by atoms with E-state index in [9.17, 15) is 9.18 Å². The zero-order valence-corrected chi connectivity index (χ0v) is 22.0. The molecule has 1 N–H and O–H groups in total. The molecule has 0 saturated carbocycles. The lowest BCUT2D eigenvalue weighted by atomic mass is 10.0. The van der Waals surface area contributed by atoms with E-state index in [1.807, 2.05) is 19.9 Å². The molecule has 3 heterocycles. The molecule has 1 saturated heterocycles. The average Bonchev–Trinajstić information content (AvgIpc) is 3.35. The lowest BCUT2D eigenvalue weighted by Crippen LogP contribution is -2.38. The molecule has 0 aliphatic carbocycles. The van der Waals surface area contributed by atoms with Crippen molar-refractivity contribution in [2.45, 2.75) is 39.9 Å². The Morgan fingerprint density at radius 2 is 1.87 bits per heavy atom. The van der Waals surface area contributed by atoms with Crippen LogP contribution in [0.2, 0.25) is 0 Å². The quantitative estimate of drug-likeness (QED) is 0.344. The highest BCUT2D eigenvalue weighted by atomic mass is 19.1. The van der Waals surface area contributed by atoms with E-state index in [4.69, 9.17) is 4.74 Å². The number of benzene rings is 2. The van der Waals surface area contributed by atoms with E-state index in [1.54, 1.807) is 16.8 Å². The summed E-state index contributed by atoms with van der Waals surface area (Å²) in [5, 5.41) is 13.4. The number of rotatable bonds is 10. The molecule has 2 aromatic heterocycles. The fourth-order valence-electron chi connectivity index (χ4n) is 4.91. The molecule has 0 bridgehead atoms. The van der Waals surface area contributed by atoms with E-state index >= 15 is 0 Å². The number of hydrogen-bond donors (Lipinski definition) is 1. The van der Waals surface area contributed by atoms with Crippen LogP contribution in [-0.4, -0.2) is 74.4 Å². The van der Waals surface area contributed by atoms with E-state index in [0.717, 1.165) is 73.4 Å². The Bertz CT molecular complexity index is 1430. The van der Waals surface area contributed by atoms with Crippen molar-refractivity contribution in [1.29, 1.82) is 0 Å². The molecule has 1 aliphatic heterocycles. The van der Waals surface area contributed by atoms with Gasteiger partial charge in [0.2, 0.25) is 0 Å². The number of aromatic nitrogens is 5. The van der Waals surface area contributed by atoms with Crippen LogP contribution in [0.3, 0.4) is 0 Å². The highest BCUT2D eigenvalue weighted by Crippen LogP contribution is 2.20. The van der Waals surface area contributed by atoms with Gasteiger partial charge >= 0.3 is 0 Å². The molecular formula is C28H34FN7O2. The van der Waals surface area contributed by atoms with Gasteiger partial charge in [-0.3, -0.25) is 14.6 Å². The van der Waals surface area contributed by atoms with Crippen LogP contribution in [0.15, 0.2) is 47.3 Å². The van der Waals surface area contributed by atoms with Crippen molar-refractivity contribution in [3.8, 4) is 0 Å². The van der Waals surface area contributed by atoms with Gasteiger partial charge in [0.25, 0.3) is 5.56 Å². The predicted octanol–water partition coefficient (Wildman–Crippen LogP) is 3.04. The molecule has 1 fully saturated rings. The van der Waals surface area contributed by atoms with Crippen LogP contribution in [0.5, 0.6) is 0 Å². The molecule has 1 aliphatic rings. The first-order valence-electron chi connectivity index (χ1n) is 13.1. The average molecular weight is 520 g/mol. The van der Waals surface area contributed by atoms with Crippen molar-refractivity contribution in [2.24, 2.45) is 0 Å². The van der Waals surface area contributed by atoms with Crippen LogP contribution in [-0.2, 0) is 24.4 Å². The van der Waals surface area contributed by atoms with Gasteiger partial charge in [-0.1, -0.05) is 24.3 Å². The van der Waals surface area contributed by atoms with Crippen molar-refractivity contribution in [2.75, 3.05) is 39.4 Å². The van der Waals surface area contributed by atoms with Crippen LogP contribution in [0, 0.1) is 19.7 Å². The molecule has 2 aromatic carbocycles.